The van der Waals surface area contributed by atoms with Crippen LogP contribution in [0.5, 0.6) is 11.5 Å². The minimum absolute atomic E-state index is 0.376. The molecule has 5 heteroatoms. The van der Waals surface area contributed by atoms with Gasteiger partial charge in [0.2, 0.25) is 0 Å². The summed E-state index contributed by atoms with van der Waals surface area (Å²) >= 11 is 0. The van der Waals surface area contributed by atoms with Gasteiger partial charge in [0, 0.05) is 5.56 Å². The number of hydrogen-bond acceptors (Lipinski definition) is 4. The topological polar surface area (TPSA) is 44.8 Å². The van der Waals surface area contributed by atoms with E-state index >= 15 is 0 Å². The van der Waals surface area contributed by atoms with Gasteiger partial charge in [0.1, 0.15) is 17.8 Å². The Morgan fingerprint density at radius 1 is 0.917 bits per heavy atom. The van der Waals surface area contributed by atoms with Crippen LogP contribution in [-0.2, 0) is 9.31 Å². The fourth-order valence-electron chi connectivity index (χ4n) is 2.45. The first-order valence-corrected chi connectivity index (χ1v) is 7.99. The van der Waals surface area contributed by atoms with Gasteiger partial charge in [-0.1, -0.05) is 12.1 Å². The van der Waals surface area contributed by atoms with E-state index in [1.165, 1.54) is 0 Å². The Morgan fingerprint density at radius 3 is 2.12 bits per heavy atom. The standard InChI is InChI=1S/C19H21BO4/c1-18(2)19(3,4)24-20(23-18)15-6-5-7-17(12-15)22-16-10-8-14(13-21)9-11-16/h5-13H,1-4H3. The van der Waals surface area contributed by atoms with Crippen molar-refractivity contribution in [2.24, 2.45) is 0 Å². The summed E-state index contributed by atoms with van der Waals surface area (Å²) < 4.78 is 18.0. The molecule has 3 rings (SSSR count). The van der Waals surface area contributed by atoms with Gasteiger partial charge >= 0.3 is 7.12 Å². The average molecular weight is 324 g/mol. The molecular weight excluding hydrogens is 303 g/mol. The molecule has 1 aliphatic heterocycles. The van der Waals surface area contributed by atoms with Crippen LogP contribution < -0.4 is 10.2 Å². The number of carbonyl (C=O) groups is 1. The second-order valence-electron chi connectivity index (χ2n) is 6.95. The zero-order valence-electron chi connectivity index (χ0n) is 14.4. The van der Waals surface area contributed by atoms with Gasteiger partial charge in [-0.3, -0.25) is 4.79 Å². The second-order valence-corrected chi connectivity index (χ2v) is 6.95. The minimum Gasteiger partial charge on any atom is -0.457 e. The van der Waals surface area contributed by atoms with Gasteiger partial charge < -0.3 is 14.0 Å². The summed E-state index contributed by atoms with van der Waals surface area (Å²) in [5, 5.41) is 0. The SMILES string of the molecule is CC1(C)OB(c2cccc(Oc3ccc(C=O)cc3)c2)OC1(C)C. The lowest BCUT2D eigenvalue weighted by Gasteiger charge is -2.32. The Labute approximate surface area is 142 Å². The van der Waals surface area contributed by atoms with E-state index < -0.39 is 7.12 Å². The highest BCUT2D eigenvalue weighted by Crippen LogP contribution is 2.36. The summed E-state index contributed by atoms with van der Waals surface area (Å²) in [4.78, 5) is 10.7. The summed E-state index contributed by atoms with van der Waals surface area (Å²) in [5.74, 6) is 1.37. The molecule has 2 aromatic rings. The first-order valence-electron chi connectivity index (χ1n) is 7.99. The van der Waals surface area contributed by atoms with Crippen molar-refractivity contribution in [3.63, 3.8) is 0 Å². The van der Waals surface area contributed by atoms with Crippen LogP contribution in [-0.4, -0.2) is 24.6 Å². The molecule has 124 valence electrons. The quantitative estimate of drug-likeness (QED) is 0.637. The van der Waals surface area contributed by atoms with Crippen LogP contribution in [0.25, 0.3) is 0 Å². The first kappa shape index (κ1) is 16.7. The molecule has 0 saturated carbocycles. The third kappa shape index (κ3) is 3.23. The molecule has 4 nitrogen and oxygen atoms in total. The van der Waals surface area contributed by atoms with Crippen molar-refractivity contribution >= 4 is 18.9 Å². The molecule has 0 bridgehead atoms. The smallest absolute Gasteiger partial charge is 0.457 e. The van der Waals surface area contributed by atoms with Crippen LogP contribution in [0.3, 0.4) is 0 Å². The number of benzene rings is 2. The maximum atomic E-state index is 10.7. The van der Waals surface area contributed by atoms with Crippen LogP contribution in [0.1, 0.15) is 38.1 Å². The number of hydrogen-bond donors (Lipinski definition) is 0. The zero-order chi connectivity index (χ0) is 17.4. The van der Waals surface area contributed by atoms with Crippen molar-refractivity contribution in [2.75, 3.05) is 0 Å². The molecule has 0 N–H and O–H groups in total. The molecule has 0 aliphatic carbocycles. The van der Waals surface area contributed by atoms with Gasteiger partial charge in [-0.2, -0.15) is 0 Å². The van der Waals surface area contributed by atoms with E-state index in [-0.39, 0.29) is 11.2 Å². The third-order valence-corrected chi connectivity index (χ3v) is 4.64. The molecule has 0 unspecified atom stereocenters. The van der Waals surface area contributed by atoms with Crippen molar-refractivity contribution in [3.05, 3.63) is 54.1 Å². The lowest BCUT2D eigenvalue weighted by molar-refractivity contribution is 0.00578. The molecule has 0 amide bonds. The summed E-state index contributed by atoms with van der Waals surface area (Å²) in [6, 6.07) is 14.6. The Hall–Kier alpha value is -2.11. The Bertz CT molecular complexity index is 721. The molecule has 1 aliphatic rings. The summed E-state index contributed by atoms with van der Waals surface area (Å²) in [7, 11) is -0.420. The van der Waals surface area contributed by atoms with Gasteiger partial charge in [0.05, 0.1) is 11.2 Å². The normalized spacial score (nSPS) is 18.4. The van der Waals surface area contributed by atoms with E-state index in [1.807, 2.05) is 52.0 Å². The van der Waals surface area contributed by atoms with Gasteiger partial charge in [0.25, 0.3) is 0 Å². The van der Waals surface area contributed by atoms with E-state index in [0.29, 0.717) is 17.1 Å². The molecule has 0 aromatic heterocycles. The predicted molar refractivity (Wildman–Crippen MR) is 94.1 cm³/mol. The van der Waals surface area contributed by atoms with E-state index in [4.69, 9.17) is 14.0 Å². The molecule has 1 heterocycles. The summed E-state index contributed by atoms with van der Waals surface area (Å²) in [6.45, 7) is 8.12. The van der Waals surface area contributed by atoms with Crippen molar-refractivity contribution in [1.29, 1.82) is 0 Å². The average Bonchev–Trinajstić information content (AvgIpc) is 2.76. The van der Waals surface area contributed by atoms with Crippen LogP contribution in [0, 0.1) is 0 Å². The highest BCUT2D eigenvalue weighted by Gasteiger charge is 2.51. The van der Waals surface area contributed by atoms with Crippen molar-refractivity contribution < 1.29 is 18.8 Å². The van der Waals surface area contributed by atoms with Crippen LogP contribution in [0.15, 0.2) is 48.5 Å². The number of carbonyl (C=O) groups excluding carboxylic acids is 1. The van der Waals surface area contributed by atoms with Gasteiger partial charge in [-0.05, 0) is 69.6 Å². The maximum Gasteiger partial charge on any atom is 0.494 e. The first-order chi connectivity index (χ1) is 11.3. The largest absolute Gasteiger partial charge is 0.494 e. The monoisotopic (exact) mass is 324 g/mol. The molecule has 2 aromatic carbocycles. The molecule has 1 saturated heterocycles. The van der Waals surface area contributed by atoms with Crippen molar-refractivity contribution in [2.45, 2.75) is 38.9 Å². The Balaban J connectivity index is 1.78. The predicted octanol–water partition coefficient (Wildman–Crippen LogP) is 3.59. The summed E-state index contributed by atoms with van der Waals surface area (Å²) in [6.07, 6.45) is 0.808. The van der Waals surface area contributed by atoms with Crippen LogP contribution in [0.2, 0.25) is 0 Å². The van der Waals surface area contributed by atoms with E-state index in [1.54, 1.807) is 24.3 Å². The lowest BCUT2D eigenvalue weighted by atomic mass is 9.79. The van der Waals surface area contributed by atoms with Crippen LogP contribution >= 0.6 is 0 Å². The summed E-state index contributed by atoms with van der Waals surface area (Å²) in [5.41, 5.74) is 0.780. The minimum atomic E-state index is -0.420. The highest BCUT2D eigenvalue weighted by atomic mass is 16.7. The second kappa shape index (κ2) is 6.08. The fourth-order valence-corrected chi connectivity index (χ4v) is 2.45. The van der Waals surface area contributed by atoms with E-state index in [2.05, 4.69) is 0 Å². The van der Waals surface area contributed by atoms with E-state index in [9.17, 15) is 4.79 Å². The number of ether oxygens (including phenoxy) is 1. The van der Waals surface area contributed by atoms with Crippen molar-refractivity contribution in [1.82, 2.24) is 0 Å². The Kier molecular flexibility index (Phi) is 4.24. The fraction of sp³-hybridized carbons (Fsp3) is 0.316. The zero-order valence-corrected chi connectivity index (χ0v) is 14.4. The lowest BCUT2D eigenvalue weighted by Crippen LogP contribution is -2.41. The highest BCUT2D eigenvalue weighted by molar-refractivity contribution is 6.62. The third-order valence-electron chi connectivity index (χ3n) is 4.64. The van der Waals surface area contributed by atoms with Gasteiger partial charge in [-0.15, -0.1) is 0 Å². The molecule has 0 spiro atoms. The van der Waals surface area contributed by atoms with Gasteiger partial charge in [-0.25, -0.2) is 0 Å². The maximum absolute atomic E-state index is 10.7. The molecular formula is C19H21BO4. The number of rotatable bonds is 4. The van der Waals surface area contributed by atoms with Gasteiger partial charge in [0.15, 0.2) is 0 Å². The molecule has 0 atom stereocenters. The van der Waals surface area contributed by atoms with Crippen molar-refractivity contribution in [3.8, 4) is 11.5 Å². The molecule has 24 heavy (non-hydrogen) atoms. The molecule has 1 fully saturated rings. The Morgan fingerprint density at radius 2 is 1.54 bits per heavy atom. The van der Waals surface area contributed by atoms with E-state index in [0.717, 1.165) is 11.7 Å². The van der Waals surface area contributed by atoms with Crippen LogP contribution in [0.4, 0.5) is 0 Å². The molecule has 0 radical (unpaired) electrons. The number of aldehydes is 1.